The van der Waals surface area contributed by atoms with E-state index < -0.39 is 0 Å². The van der Waals surface area contributed by atoms with Crippen LogP contribution in [-0.2, 0) is 0 Å². The third kappa shape index (κ3) is 2.21. The minimum Gasteiger partial charge on any atom is -0.344 e. The Morgan fingerprint density at radius 1 is 1.67 bits per heavy atom. The first kappa shape index (κ1) is 10.6. The molecule has 2 heterocycles. The van der Waals surface area contributed by atoms with Crippen molar-refractivity contribution in [2.45, 2.75) is 13.3 Å². The molecule has 0 spiro atoms. The molecule has 0 amide bonds. The van der Waals surface area contributed by atoms with E-state index in [1.165, 1.54) is 16.9 Å². The first-order chi connectivity index (χ1) is 7.20. The lowest BCUT2D eigenvalue weighted by Gasteiger charge is -2.25. The molecule has 1 aliphatic rings. The van der Waals surface area contributed by atoms with Crippen LogP contribution in [0.5, 0.6) is 0 Å². The van der Waals surface area contributed by atoms with Gasteiger partial charge >= 0.3 is 0 Å². The van der Waals surface area contributed by atoms with Crippen LogP contribution in [0.2, 0.25) is 5.15 Å². The van der Waals surface area contributed by atoms with Gasteiger partial charge in [-0.2, -0.15) is 0 Å². The molecule has 0 saturated heterocycles. The Morgan fingerprint density at radius 2 is 2.47 bits per heavy atom. The highest BCUT2D eigenvalue weighted by Gasteiger charge is 2.16. The highest BCUT2D eigenvalue weighted by atomic mass is 35.5. The van der Waals surface area contributed by atoms with Crippen molar-refractivity contribution in [1.29, 1.82) is 0 Å². The largest absolute Gasteiger partial charge is 0.344 e. The molecule has 1 aromatic rings. The van der Waals surface area contributed by atoms with Crippen LogP contribution < -0.4 is 4.90 Å². The molecule has 0 bridgehead atoms. The van der Waals surface area contributed by atoms with Crippen molar-refractivity contribution in [3.05, 3.63) is 21.7 Å². The Labute approximate surface area is 97.4 Å². The molecule has 0 unspecified atom stereocenters. The number of carbonyl (C=O) groups is 1. The molecule has 0 N–H and O–H groups in total. The average Bonchev–Trinajstić information content (AvgIpc) is 2.60. The molecule has 5 heteroatoms. The fourth-order valence-electron chi connectivity index (χ4n) is 1.59. The van der Waals surface area contributed by atoms with Crippen LogP contribution >= 0.6 is 22.9 Å². The molecule has 0 saturated carbocycles. The van der Waals surface area contributed by atoms with Crippen molar-refractivity contribution in [3.8, 4) is 0 Å². The van der Waals surface area contributed by atoms with E-state index in [9.17, 15) is 4.79 Å². The minimum absolute atomic E-state index is 0.317. The lowest BCUT2D eigenvalue weighted by Crippen LogP contribution is -2.28. The number of carbonyl (C=O) groups excluding carboxylic acids is 1. The van der Waals surface area contributed by atoms with Gasteiger partial charge in [-0.1, -0.05) is 34.6 Å². The number of halogens is 1. The number of anilines is 1. The molecule has 1 aliphatic heterocycles. The minimum atomic E-state index is 0.317. The van der Waals surface area contributed by atoms with Crippen molar-refractivity contribution < 1.29 is 4.79 Å². The van der Waals surface area contributed by atoms with E-state index in [1.807, 2.05) is 0 Å². The van der Waals surface area contributed by atoms with E-state index in [0.29, 0.717) is 10.0 Å². The Kier molecular flexibility index (Phi) is 3.07. The monoisotopic (exact) mass is 242 g/mol. The molecular formula is C10H11ClN2OS. The molecule has 0 aliphatic carbocycles. The summed E-state index contributed by atoms with van der Waals surface area (Å²) in [5.74, 6) is 0. The fourth-order valence-corrected chi connectivity index (χ4v) is 2.67. The standard InChI is InChI=1S/C10H11ClN2OS/c1-7-3-2-4-13(5-7)10-12-9(11)8(6-14)15-10/h3,6H,2,4-5H2,1H3. The van der Waals surface area contributed by atoms with Crippen LogP contribution in [0, 0.1) is 0 Å². The van der Waals surface area contributed by atoms with Gasteiger partial charge in [-0.25, -0.2) is 4.98 Å². The Morgan fingerprint density at radius 3 is 3.07 bits per heavy atom. The third-order valence-electron chi connectivity index (χ3n) is 2.31. The number of thiazole rings is 1. The number of aromatic nitrogens is 1. The fraction of sp³-hybridized carbons (Fsp3) is 0.400. The third-order valence-corrected chi connectivity index (χ3v) is 3.75. The van der Waals surface area contributed by atoms with Crippen LogP contribution in [0.15, 0.2) is 11.6 Å². The number of nitrogens with zero attached hydrogens (tertiary/aromatic N) is 2. The summed E-state index contributed by atoms with van der Waals surface area (Å²) in [4.78, 5) is 17.5. The van der Waals surface area contributed by atoms with Gasteiger partial charge in [-0.05, 0) is 13.3 Å². The zero-order valence-corrected chi connectivity index (χ0v) is 9.94. The predicted molar refractivity (Wildman–Crippen MR) is 63.1 cm³/mol. The van der Waals surface area contributed by atoms with Crippen LogP contribution in [0.1, 0.15) is 23.0 Å². The highest BCUT2D eigenvalue weighted by molar-refractivity contribution is 7.17. The van der Waals surface area contributed by atoms with E-state index in [-0.39, 0.29) is 0 Å². The smallest absolute Gasteiger partial charge is 0.187 e. The number of rotatable bonds is 2. The van der Waals surface area contributed by atoms with Gasteiger partial charge in [0.05, 0.1) is 0 Å². The molecule has 3 nitrogen and oxygen atoms in total. The van der Waals surface area contributed by atoms with Crippen LogP contribution in [0.25, 0.3) is 0 Å². The Balaban J connectivity index is 2.22. The van der Waals surface area contributed by atoms with Crippen molar-refractivity contribution in [1.82, 2.24) is 4.98 Å². The summed E-state index contributed by atoms with van der Waals surface area (Å²) in [7, 11) is 0. The van der Waals surface area contributed by atoms with Gasteiger partial charge in [0.15, 0.2) is 16.6 Å². The van der Waals surface area contributed by atoms with E-state index in [2.05, 4.69) is 22.9 Å². The summed E-state index contributed by atoms with van der Waals surface area (Å²) < 4.78 is 0. The molecule has 80 valence electrons. The number of hydrogen-bond donors (Lipinski definition) is 0. The van der Waals surface area contributed by atoms with Gasteiger partial charge in [0.25, 0.3) is 0 Å². The van der Waals surface area contributed by atoms with Gasteiger partial charge < -0.3 is 4.90 Å². The highest BCUT2D eigenvalue weighted by Crippen LogP contribution is 2.29. The van der Waals surface area contributed by atoms with Crippen LogP contribution in [0.3, 0.4) is 0 Å². The van der Waals surface area contributed by atoms with E-state index in [1.54, 1.807) is 0 Å². The van der Waals surface area contributed by atoms with Crippen molar-refractivity contribution >= 4 is 34.4 Å². The summed E-state index contributed by atoms with van der Waals surface area (Å²) in [6.07, 6.45) is 4.02. The lowest BCUT2D eigenvalue weighted by atomic mass is 10.1. The van der Waals surface area contributed by atoms with Crippen molar-refractivity contribution in [2.75, 3.05) is 18.0 Å². The van der Waals surface area contributed by atoms with Gasteiger partial charge in [0.2, 0.25) is 0 Å². The van der Waals surface area contributed by atoms with Crippen LogP contribution in [0.4, 0.5) is 5.13 Å². The molecule has 0 aromatic carbocycles. The van der Waals surface area contributed by atoms with Crippen molar-refractivity contribution in [3.63, 3.8) is 0 Å². The maximum absolute atomic E-state index is 10.6. The average molecular weight is 243 g/mol. The lowest BCUT2D eigenvalue weighted by molar-refractivity contribution is 0.112. The summed E-state index contributed by atoms with van der Waals surface area (Å²) >= 11 is 7.18. The second-order valence-corrected chi connectivity index (χ2v) is 4.90. The zero-order chi connectivity index (χ0) is 10.8. The van der Waals surface area contributed by atoms with Gasteiger partial charge in [0, 0.05) is 13.1 Å². The summed E-state index contributed by atoms with van der Waals surface area (Å²) in [6, 6.07) is 0. The van der Waals surface area contributed by atoms with Gasteiger partial charge in [0.1, 0.15) is 4.88 Å². The van der Waals surface area contributed by atoms with E-state index in [4.69, 9.17) is 11.6 Å². The maximum atomic E-state index is 10.6. The normalized spacial score (nSPS) is 16.4. The first-order valence-electron chi connectivity index (χ1n) is 4.73. The second-order valence-electron chi connectivity index (χ2n) is 3.53. The number of aldehydes is 1. The molecule has 2 rings (SSSR count). The molecular weight excluding hydrogens is 232 g/mol. The topological polar surface area (TPSA) is 33.2 Å². The summed E-state index contributed by atoms with van der Waals surface area (Å²) in [6.45, 7) is 3.92. The van der Waals surface area contributed by atoms with Gasteiger partial charge in [-0.3, -0.25) is 4.79 Å². The second kappa shape index (κ2) is 4.33. The molecule has 0 radical (unpaired) electrons. The quantitative estimate of drug-likeness (QED) is 0.591. The summed E-state index contributed by atoms with van der Waals surface area (Å²) in [5, 5.41) is 1.16. The maximum Gasteiger partial charge on any atom is 0.187 e. The van der Waals surface area contributed by atoms with E-state index >= 15 is 0 Å². The molecule has 1 aromatic heterocycles. The van der Waals surface area contributed by atoms with Crippen LogP contribution in [-0.4, -0.2) is 24.4 Å². The zero-order valence-electron chi connectivity index (χ0n) is 8.36. The predicted octanol–water partition coefficient (Wildman–Crippen LogP) is 2.77. The first-order valence-corrected chi connectivity index (χ1v) is 5.92. The Hall–Kier alpha value is -0.870. The van der Waals surface area contributed by atoms with Gasteiger partial charge in [-0.15, -0.1) is 0 Å². The molecule has 15 heavy (non-hydrogen) atoms. The molecule has 0 atom stereocenters. The Bertz CT molecular complexity index is 414. The SMILES string of the molecule is CC1=CCCN(c2nc(Cl)c(C=O)s2)C1. The van der Waals surface area contributed by atoms with E-state index in [0.717, 1.165) is 30.9 Å². The van der Waals surface area contributed by atoms with Crippen molar-refractivity contribution in [2.24, 2.45) is 0 Å². The summed E-state index contributed by atoms with van der Waals surface area (Å²) in [5.41, 5.74) is 1.33. The number of hydrogen-bond acceptors (Lipinski definition) is 4. The molecule has 0 fully saturated rings.